The summed E-state index contributed by atoms with van der Waals surface area (Å²) in [5.41, 5.74) is 5.44. The molecule has 0 unspecified atom stereocenters. The van der Waals surface area contributed by atoms with Crippen molar-refractivity contribution in [2.45, 2.75) is 62.6 Å². The van der Waals surface area contributed by atoms with Gasteiger partial charge in [-0.25, -0.2) is 0 Å². The fourth-order valence-electron chi connectivity index (χ4n) is 8.29. The summed E-state index contributed by atoms with van der Waals surface area (Å²) in [6, 6.07) is 22.7. The van der Waals surface area contributed by atoms with E-state index in [1.54, 1.807) is 6.07 Å². The molecule has 204 valence electrons. The Morgan fingerprint density at radius 2 is 1.98 bits per heavy atom. The molecule has 0 radical (unpaired) electrons. The first-order valence-electron chi connectivity index (χ1n) is 14.6. The predicted octanol–water partition coefficient (Wildman–Crippen LogP) is 4.86. The van der Waals surface area contributed by atoms with E-state index in [0.717, 1.165) is 67.6 Å². The van der Waals surface area contributed by atoms with E-state index in [1.165, 1.54) is 11.1 Å². The molecular formula is C35H36N2O3. The van der Waals surface area contributed by atoms with Crippen LogP contribution >= 0.6 is 0 Å². The molecule has 2 fully saturated rings. The number of carbonyl (C=O) groups is 1. The Balaban J connectivity index is 1.19. The van der Waals surface area contributed by atoms with E-state index in [0.29, 0.717) is 17.7 Å². The largest absolute Gasteiger partial charge is 0.508 e. The number of aryl methyl sites for hydroxylation is 1. The minimum Gasteiger partial charge on any atom is -0.508 e. The fourth-order valence-corrected chi connectivity index (χ4v) is 8.29. The number of phenolic OH excluding ortho intramolecular Hbond substituents is 1. The van der Waals surface area contributed by atoms with Crippen LogP contribution in [0.15, 0.2) is 66.7 Å². The molecule has 2 heterocycles. The van der Waals surface area contributed by atoms with Gasteiger partial charge in [-0.3, -0.25) is 9.69 Å². The van der Waals surface area contributed by atoms with Gasteiger partial charge < -0.3 is 14.7 Å². The predicted molar refractivity (Wildman–Crippen MR) is 155 cm³/mol. The van der Waals surface area contributed by atoms with Crippen LogP contribution in [0.5, 0.6) is 11.5 Å². The van der Waals surface area contributed by atoms with Gasteiger partial charge in [0.05, 0.1) is 6.04 Å². The summed E-state index contributed by atoms with van der Waals surface area (Å²) in [5, 5.41) is 11.0. The summed E-state index contributed by atoms with van der Waals surface area (Å²) in [4.78, 5) is 17.9. The van der Waals surface area contributed by atoms with Crippen molar-refractivity contribution < 1.29 is 14.6 Å². The summed E-state index contributed by atoms with van der Waals surface area (Å²) in [5.74, 6) is 7.52. The van der Waals surface area contributed by atoms with E-state index >= 15 is 0 Å². The second-order valence-electron chi connectivity index (χ2n) is 12.1. The summed E-state index contributed by atoms with van der Waals surface area (Å²) >= 11 is 0. The third kappa shape index (κ3) is 3.92. The number of phenols is 1. The molecule has 5 atom stereocenters. The van der Waals surface area contributed by atoms with E-state index in [-0.39, 0.29) is 23.5 Å². The highest BCUT2D eigenvalue weighted by Gasteiger charge is 2.66. The lowest BCUT2D eigenvalue weighted by Crippen LogP contribution is -2.69. The Bertz CT molecular complexity index is 1520. The Labute approximate surface area is 236 Å². The molecule has 5 nitrogen and oxygen atoms in total. The number of likely N-dealkylation sites (tertiary alicyclic amines) is 1. The van der Waals surface area contributed by atoms with Gasteiger partial charge in [-0.05, 0) is 86.9 Å². The first-order chi connectivity index (χ1) is 19.5. The van der Waals surface area contributed by atoms with Crippen LogP contribution in [0.4, 0.5) is 0 Å². The average Bonchev–Trinajstić information content (AvgIpc) is 3.30. The standard InChI is InChI=1S/C35H36N2O3/c1-23-7-6-10-25(21-23)11-16-32(39)36(2)28-13-12-27-29-22-26-30(38)14-15-31-33(26)35(27,34(28)40-31)18-20-37(29)19-17-24-8-4-3-5-9-24/h3-10,14-15,21,27-29,34,38H,12-13,17-20,22H2,1-2H3/t27-,28-,29+,34-,35-/m0/s1. The minimum atomic E-state index is -0.184. The zero-order valence-electron chi connectivity index (χ0n) is 23.3. The van der Waals surface area contributed by atoms with Crippen molar-refractivity contribution in [1.29, 1.82) is 0 Å². The van der Waals surface area contributed by atoms with Crippen LogP contribution in [-0.4, -0.2) is 59.1 Å². The van der Waals surface area contributed by atoms with Crippen LogP contribution in [0, 0.1) is 24.7 Å². The summed E-state index contributed by atoms with van der Waals surface area (Å²) in [6.45, 7) is 4.04. The van der Waals surface area contributed by atoms with Crippen LogP contribution < -0.4 is 4.74 Å². The van der Waals surface area contributed by atoms with Crippen molar-refractivity contribution in [3.63, 3.8) is 0 Å². The second-order valence-corrected chi connectivity index (χ2v) is 12.1. The summed E-state index contributed by atoms with van der Waals surface area (Å²) in [7, 11) is 1.88. The Hall–Kier alpha value is -3.75. The molecule has 40 heavy (non-hydrogen) atoms. The zero-order chi connectivity index (χ0) is 27.4. The Morgan fingerprint density at radius 1 is 1.12 bits per heavy atom. The van der Waals surface area contributed by atoms with Crippen LogP contribution in [0.1, 0.15) is 47.1 Å². The SMILES string of the molecule is Cc1cccc(C#CC(=O)N(C)[C@H]2CC[C@H]3[C@H]4Cc5c(O)ccc6c5[C@@]3(CCN4CCc3ccccc3)[C@H]2O6)c1. The lowest BCUT2D eigenvalue weighted by atomic mass is 9.51. The highest BCUT2D eigenvalue weighted by Crippen LogP contribution is 2.63. The molecule has 4 aliphatic rings. The van der Waals surface area contributed by atoms with Gasteiger partial charge in [0.15, 0.2) is 0 Å². The maximum Gasteiger partial charge on any atom is 0.298 e. The Kier molecular flexibility index (Phi) is 6.13. The fraction of sp³-hybridized carbons (Fsp3) is 0.400. The van der Waals surface area contributed by atoms with Crippen LogP contribution in [0.25, 0.3) is 0 Å². The normalized spacial score (nSPS) is 27.6. The van der Waals surface area contributed by atoms with Crippen molar-refractivity contribution in [3.8, 4) is 23.3 Å². The number of amides is 1. The monoisotopic (exact) mass is 532 g/mol. The first kappa shape index (κ1) is 25.2. The number of aromatic hydroxyl groups is 1. The van der Waals surface area contributed by atoms with E-state index in [9.17, 15) is 9.90 Å². The molecule has 1 amide bonds. The number of hydrogen-bond acceptors (Lipinski definition) is 4. The summed E-state index contributed by atoms with van der Waals surface area (Å²) in [6.07, 6.45) is 4.65. The molecular weight excluding hydrogens is 496 g/mol. The zero-order valence-corrected chi connectivity index (χ0v) is 23.3. The number of rotatable bonds is 4. The number of benzene rings is 3. The van der Waals surface area contributed by atoms with Crippen LogP contribution in [0.2, 0.25) is 0 Å². The van der Waals surface area contributed by atoms with Gasteiger partial charge in [0, 0.05) is 47.7 Å². The molecule has 0 aromatic heterocycles. The molecule has 1 saturated heterocycles. The van der Waals surface area contributed by atoms with Crippen molar-refractivity contribution in [2.24, 2.45) is 5.92 Å². The maximum absolute atomic E-state index is 13.4. The van der Waals surface area contributed by atoms with Gasteiger partial charge in [0.2, 0.25) is 0 Å². The molecule has 1 N–H and O–H groups in total. The smallest absolute Gasteiger partial charge is 0.298 e. The number of carbonyl (C=O) groups excluding carboxylic acids is 1. The highest BCUT2D eigenvalue weighted by atomic mass is 16.5. The van der Waals surface area contributed by atoms with E-state index in [4.69, 9.17) is 4.74 Å². The molecule has 3 aromatic rings. The number of likely N-dealkylation sites (N-methyl/N-ethyl adjacent to an activating group) is 1. The van der Waals surface area contributed by atoms with Crippen molar-refractivity contribution in [1.82, 2.24) is 9.80 Å². The third-order valence-corrected chi connectivity index (χ3v) is 10.1. The van der Waals surface area contributed by atoms with Gasteiger partial charge in [-0.15, -0.1) is 0 Å². The second kappa shape index (κ2) is 9.71. The van der Waals surface area contributed by atoms with Crippen LogP contribution in [0.3, 0.4) is 0 Å². The van der Waals surface area contributed by atoms with Crippen molar-refractivity contribution >= 4 is 5.91 Å². The quantitative estimate of drug-likeness (QED) is 0.488. The first-order valence-corrected chi connectivity index (χ1v) is 14.6. The van der Waals surface area contributed by atoms with E-state index < -0.39 is 0 Å². The number of nitrogens with zero attached hydrogens (tertiary/aromatic N) is 2. The Morgan fingerprint density at radius 3 is 2.80 bits per heavy atom. The van der Waals surface area contributed by atoms with Gasteiger partial charge in [0.1, 0.15) is 17.6 Å². The number of piperidine rings is 1. The number of ether oxygens (including phenoxy) is 1. The average molecular weight is 533 g/mol. The molecule has 1 saturated carbocycles. The molecule has 2 bridgehead atoms. The lowest BCUT2D eigenvalue weighted by molar-refractivity contribution is -0.134. The molecule has 5 heteroatoms. The topological polar surface area (TPSA) is 53.0 Å². The number of hydrogen-bond donors (Lipinski definition) is 1. The van der Waals surface area contributed by atoms with E-state index in [2.05, 4.69) is 47.1 Å². The van der Waals surface area contributed by atoms with Crippen molar-refractivity contribution in [3.05, 3.63) is 94.5 Å². The van der Waals surface area contributed by atoms with E-state index in [1.807, 2.05) is 49.2 Å². The van der Waals surface area contributed by atoms with Gasteiger partial charge in [-0.1, -0.05) is 48.4 Å². The third-order valence-electron chi connectivity index (χ3n) is 10.1. The molecule has 2 aliphatic heterocycles. The summed E-state index contributed by atoms with van der Waals surface area (Å²) < 4.78 is 6.79. The van der Waals surface area contributed by atoms with Crippen LogP contribution in [-0.2, 0) is 23.1 Å². The van der Waals surface area contributed by atoms with Gasteiger partial charge in [-0.2, -0.15) is 0 Å². The van der Waals surface area contributed by atoms with Gasteiger partial charge in [0.25, 0.3) is 5.91 Å². The molecule has 2 aliphatic carbocycles. The molecule has 1 spiro atoms. The van der Waals surface area contributed by atoms with Crippen molar-refractivity contribution in [2.75, 3.05) is 20.1 Å². The lowest BCUT2D eigenvalue weighted by Gasteiger charge is -2.60. The minimum absolute atomic E-state index is 0.0624. The molecule has 7 rings (SSSR count). The molecule has 3 aromatic carbocycles. The highest BCUT2D eigenvalue weighted by molar-refractivity contribution is 5.94. The van der Waals surface area contributed by atoms with Gasteiger partial charge >= 0.3 is 0 Å². The maximum atomic E-state index is 13.4.